The normalized spacial score (nSPS) is 17.1. The molecule has 95 heavy (non-hydrogen) atoms. The highest BCUT2D eigenvalue weighted by molar-refractivity contribution is 7.90. The summed E-state index contributed by atoms with van der Waals surface area (Å²) in [6, 6.07) is 7.47. The Kier molecular flexibility index (Phi) is 31.8. The third kappa shape index (κ3) is 24.4. The average molecular weight is 1350 g/mol. The quantitative estimate of drug-likeness (QED) is 0.0428. The number of nitrogens with two attached hydrogens (primary N) is 1. The van der Waals surface area contributed by atoms with Gasteiger partial charge in [0.05, 0.1) is 41.9 Å². The van der Waals surface area contributed by atoms with E-state index in [1.807, 2.05) is 13.8 Å². The minimum Gasteiger partial charge on any atom is -0.481 e. The molecule has 2 fully saturated rings. The maximum Gasteiger partial charge on any atom is 0.410 e. The van der Waals surface area contributed by atoms with Crippen LogP contribution in [0.15, 0.2) is 54.6 Å². The predicted octanol–water partition coefficient (Wildman–Crippen LogP) is 3.94. The van der Waals surface area contributed by atoms with Crippen molar-refractivity contribution < 1.29 is 80.5 Å². The third-order valence-corrected chi connectivity index (χ3v) is 19.3. The zero-order chi connectivity index (χ0) is 71.0. The van der Waals surface area contributed by atoms with Crippen molar-refractivity contribution >= 4 is 81.1 Å². The molecule has 0 radical (unpaired) electrons. The summed E-state index contributed by atoms with van der Waals surface area (Å²) < 4.78 is 45.5. The molecule has 0 aromatic heterocycles. The van der Waals surface area contributed by atoms with Crippen molar-refractivity contribution in [2.24, 2.45) is 35.3 Å². The molecule has 4 rings (SSSR count). The molecule has 2 aliphatic rings. The van der Waals surface area contributed by atoms with Crippen molar-refractivity contribution in [3.63, 3.8) is 0 Å². The summed E-state index contributed by atoms with van der Waals surface area (Å²) in [6.45, 7) is 16.1. The van der Waals surface area contributed by atoms with E-state index in [9.17, 15) is 61.2 Å². The Bertz CT molecular complexity index is 3040. The number of carboxylic acids is 1. The lowest BCUT2D eigenvalue weighted by Crippen LogP contribution is -2.60. The summed E-state index contributed by atoms with van der Waals surface area (Å²) in [5.74, 6) is -8.19. The standard InChI is InChI=1S/C66H103N11O17S/c1-14-41(8)57(50(92-12)36-52(79)77-34-20-24-49(77)58(93-13)42(9)59(82)71-48(35-43-21-16-15-17-22-43)61(84)74-95(90,91)46-31-32-46)75(10)64(87)55(39(4)5)73-63(86)56(40(6)7)76(11)66(89)94-37-44-27-29-45(30-28-44)69-60(83)47(23-19-33-68-65(67)88)70-62(85)54(38(2)3)72-51(78)25-18-26-53(80)81/h15-17,21-22,27-30,38-42,46-50,54-58H,14,18-20,23-26,31-37H2,1-13H3,(H,69,83)(H,70,85)(H,71,82)(H,72,78)(H,73,86)(H,74,84)(H,80,81)(H3,67,68,88)/t41-,42+,47-,48-,49-,50+,54-,55-,56-,57-,58+/m0/s1. The Morgan fingerprint density at radius 2 is 1.33 bits per heavy atom. The second-order valence-corrected chi connectivity index (χ2v) is 27.8. The number of likely N-dealkylation sites (N-methyl/N-ethyl adjacent to an activating group) is 2. The molecule has 29 heteroatoms. The van der Waals surface area contributed by atoms with Crippen LogP contribution >= 0.6 is 0 Å². The third-order valence-electron chi connectivity index (χ3n) is 17.5. The van der Waals surface area contributed by atoms with E-state index < -0.39 is 153 Å². The van der Waals surface area contributed by atoms with Crippen LogP contribution in [0, 0.1) is 29.6 Å². The van der Waals surface area contributed by atoms with Crippen molar-refractivity contribution in [3.8, 4) is 0 Å². The molecule has 28 nitrogen and oxygen atoms in total. The van der Waals surface area contributed by atoms with Gasteiger partial charge in [0, 0.05) is 66.4 Å². The van der Waals surface area contributed by atoms with Gasteiger partial charge in [-0.2, -0.15) is 0 Å². The van der Waals surface area contributed by atoms with Crippen molar-refractivity contribution in [1.82, 2.24) is 46.0 Å². The highest BCUT2D eigenvalue weighted by Gasteiger charge is 2.45. The number of sulfonamides is 1. The van der Waals surface area contributed by atoms with Crippen LogP contribution in [0.5, 0.6) is 0 Å². The molecule has 2 aromatic carbocycles. The van der Waals surface area contributed by atoms with Crippen LogP contribution in [0.3, 0.4) is 0 Å². The van der Waals surface area contributed by atoms with Gasteiger partial charge in [-0.1, -0.05) is 111 Å². The number of ether oxygens (including phenoxy) is 3. The number of hydrogen-bond donors (Lipinski definition) is 9. The van der Waals surface area contributed by atoms with Crippen molar-refractivity contribution in [3.05, 3.63) is 65.7 Å². The Morgan fingerprint density at radius 3 is 1.88 bits per heavy atom. The zero-order valence-electron chi connectivity index (χ0n) is 57.3. The summed E-state index contributed by atoms with van der Waals surface area (Å²) in [4.78, 5) is 152. The number of hydrogen-bond acceptors (Lipinski definition) is 16. The Morgan fingerprint density at radius 1 is 0.695 bits per heavy atom. The molecule has 0 spiro atoms. The number of benzene rings is 2. The van der Waals surface area contributed by atoms with E-state index in [0.29, 0.717) is 55.5 Å². The number of rotatable bonds is 39. The number of amides is 11. The topological polar surface area (TPSA) is 390 Å². The van der Waals surface area contributed by atoms with Gasteiger partial charge in [0.2, 0.25) is 51.4 Å². The van der Waals surface area contributed by atoms with Crippen molar-refractivity contribution in [1.29, 1.82) is 0 Å². The van der Waals surface area contributed by atoms with Gasteiger partial charge in [-0.25, -0.2) is 18.0 Å². The molecular weight excluding hydrogens is 1250 g/mol. The van der Waals surface area contributed by atoms with E-state index in [1.54, 1.807) is 115 Å². The Balaban J connectivity index is 1.42. The van der Waals surface area contributed by atoms with Gasteiger partial charge in [-0.05, 0) is 91.9 Å². The van der Waals surface area contributed by atoms with E-state index >= 15 is 0 Å². The van der Waals surface area contributed by atoms with Gasteiger partial charge in [-0.3, -0.25) is 52.8 Å². The number of carbonyl (C=O) groups is 11. The lowest BCUT2D eigenvalue weighted by Gasteiger charge is -2.41. The van der Waals surface area contributed by atoms with E-state index in [2.05, 4.69) is 36.6 Å². The molecule has 1 saturated heterocycles. The van der Waals surface area contributed by atoms with Crippen LogP contribution in [-0.2, 0) is 80.4 Å². The van der Waals surface area contributed by atoms with Crippen LogP contribution in [0.4, 0.5) is 15.3 Å². The van der Waals surface area contributed by atoms with E-state index in [0.717, 1.165) is 4.90 Å². The summed E-state index contributed by atoms with van der Waals surface area (Å²) in [6.07, 6.45) is -0.153. The number of primary amides is 1. The first-order chi connectivity index (χ1) is 44.8. The number of urea groups is 1. The second-order valence-electron chi connectivity index (χ2n) is 25.9. The molecule has 530 valence electrons. The van der Waals surface area contributed by atoms with Gasteiger partial charge >= 0.3 is 18.1 Å². The smallest absolute Gasteiger partial charge is 0.410 e. The van der Waals surface area contributed by atoms with Gasteiger partial charge in [0.15, 0.2) is 0 Å². The summed E-state index contributed by atoms with van der Waals surface area (Å²) in [5, 5.41) is 24.5. The van der Waals surface area contributed by atoms with E-state index in [1.165, 1.54) is 26.2 Å². The average Bonchev–Trinajstić information content (AvgIpc) is 1.78. The molecule has 1 saturated carbocycles. The predicted molar refractivity (Wildman–Crippen MR) is 354 cm³/mol. The first-order valence-electron chi connectivity index (χ1n) is 32.7. The van der Waals surface area contributed by atoms with Crippen LogP contribution in [0.25, 0.3) is 0 Å². The lowest BCUT2D eigenvalue weighted by molar-refractivity contribution is -0.148. The SMILES string of the molecule is CC[C@H](C)[C@@H]([C@@H](CC(=O)N1CCC[C@H]1[C@H](OC)[C@@H](C)C(=O)N[C@@H](Cc1ccccc1)C(=O)NS(=O)(=O)C1CC1)OC)N(C)C(=O)[C@@H](NC(=O)[C@H](C(C)C)N(C)C(=O)OCc1ccc(NC(=O)[C@H](CCCNC(N)=O)NC(=O)[C@@H](NC(=O)CCCC(=O)O)C(C)C)cc1)C(C)C. The zero-order valence-corrected chi connectivity index (χ0v) is 58.1. The summed E-state index contributed by atoms with van der Waals surface area (Å²) >= 11 is 0. The van der Waals surface area contributed by atoms with Crippen molar-refractivity contribution in [2.45, 2.75) is 206 Å². The minimum atomic E-state index is -3.93. The van der Waals surface area contributed by atoms with Gasteiger partial charge < -0.3 is 66.8 Å². The maximum atomic E-state index is 14.9. The van der Waals surface area contributed by atoms with Gasteiger partial charge in [0.1, 0.15) is 36.8 Å². The largest absolute Gasteiger partial charge is 0.481 e. The monoisotopic (exact) mass is 1350 g/mol. The fourth-order valence-corrected chi connectivity index (χ4v) is 13.1. The number of methoxy groups -OCH3 is 2. The number of carboxylic acid groups (broad SMARTS) is 1. The van der Waals surface area contributed by atoms with Gasteiger partial charge in [-0.15, -0.1) is 0 Å². The fraction of sp³-hybridized carbons (Fsp3) is 0.652. The number of anilines is 1. The number of carbonyl (C=O) groups excluding carboxylic acids is 10. The van der Waals surface area contributed by atoms with Crippen LogP contribution in [0.2, 0.25) is 0 Å². The molecule has 1 aliphatic carbocycles. The molecule has 11 atom stereocenters. The first-order valence-corrected chi connectivity index (χ1v) is 34.3. The minimum absolute atomic E-state index is 0.0169. The number of nitrogens with one attached hydrogen (secondary N) is 7. The highest BCUT2D eigenvalue weighted by atomic mass is 32.2. The molecule has 1 aliphatic heterocycles. The summed E-state index contributed by atoms with van der Waals surface area (Å²) in [7, 11) is 1.98. The maximum absolute atomic E-state index is 14.9. The molecular formula is C66H103N11O17S. The number of nitrogens with zero attached hydrogens (tertiary/aromatic N) is 3. The fourth-order valence-electron chi connectivity index (χ4n) is 11.7. The van der Waals surface area contributed by atoms with Crippen LogP contribution < -0.4 is 42.4 Å². The molecule has 1 heterocycles. The van der Waals surface area contributed by atoms with Crippen LogP contribution in [-0.4, -0.2) is 195 Å². The molecule has 10 N–H and O–H groups in total. The molecule has 11 amide bonds. The van der Waals surface area contributed by atoms with E-state index in [4.69, 9.17) is 25.1 Å². The number of likely N-dealkylation sites (tertiary alicyclic amines) is 1. The first kappa shape index (κ1) is 79.5. The molecule has 2 aromatic rings. The van der Waals surface area contributed by atoms with E-state index in [-0.39, 0.29) is 69.9 Å². The lowest BCUT2D eigenvalue weighted by atomic mass is 9.89. The Hall–Kier alpha value is -7.92. The molecule has 0 bridgehead atoms. The Labute approximate surface area is 558 Å². The van der Waals surface area contributed by atoms with Gasteiger partial charge in [0.25, 0.3) is 5.91 Å². The second kappa shape index (κ2) is 38.0. The van der Waals surface area contributed by atoms with Crippen LogP contribution in [0.1, 0.15) is 144 Å². The summed E-state index contributed by atoms with van der Waals surface area (Å²) in [5.41, 5.74) is 6.72. The number of aliphatic carboxylic acids is 1. The van der Waals surface area contributed by atoms with Crippen molar-refractivity contribution in [2.75, 3.05) is 46.7 Å². The molecule has 0 unspecified atom stereocenters. The highest BCUT2D eigenvalue weighted by Crippen LogP contribution is 2.31.